The van der Waals surface area contributed by atoms with Gasteiger partial charge in [0.2, 0.25) is 3.79 Å². The number of rotatable bonds is 8. The fourth-order valence-corrected chi connectivity index (χ4v) is 3.59. The first-order valence-electron chi connectivity index (χ1n) is 9.58. The summed E-state index contributed by atoms with van der Waals surface area (Å²) in [7, 11) is 0. The molecule has 14 heteroatoms. The van der Waals surface area contributed by atoms with Crippen LogP contribution in [0.1, 0.15) is 19.4 Å². The molecule has 182 valence electrons. The first-order chi connectivity index (χ1) is 15.4. The second-order valence-corrected chi connectivity index (χ2v) is 11.0. The maximum atomic E-state index is 12.0. The smallest absolute Gasteiger partial charge is 0.325 e. The van der Waals surface area contributed by atoms with Crippen molar-refractivity contribution in [2.75, 3.05) is 37.9 Å². The van der Waals surface area contributed by atoms with Crippen molar-refractivity contribution in [3.63, 3.8) is 0 Å². The maximum absolute atomic E-state index is 12.0. The Hall–Kier alpha value is -1.16. The van der Waals surface area contributed by atoms with Gasteiger partial charge in [0.25, 0.3) is 3.92 Å². The first-order valence-corrected chi connectivity index (χ1v) is 11.8. The SMILES string of the molecule is CCOC(=O)CN(CC(=O)OCC)c1ccc(C2=NCN(C(Cl)(Cl)Cl)C(C(Cl)(Cl)Cl)=N2)cc1. The maximum Gasteiger partial charge on any atom is 0.325 e. The Balaban J connectivity index is 2.30. The summed E-state index contributed by atoms with van der Waals surface area (Å²) in [5.41, 5.74) is 1.14. The van der Waals surface area contributed by atoms with Gasteiger partial charge >= 0.3 is 11.9 Å². The molecule has 0 N–H and O–H groups in total. The molecular formula is C19H20Cl6N4O4. The minimum Gasteiger partial charge on any atom is -0.465 e. The van der Waals surface area contributed by atoms with E-state index < -0.39 is 19.6 Å². The third-order valence-electron chi connectivity index (χ3n) is 4.13. The van der Waals surface area contributed by atoms with Gasteiger partial charge in [0, 0.05) is 11.3 Å². The van der Waals surface area contributed by atoms with Crippen molar-refractivity contribution in [2.45, 2.75) is 21.6 Å². The van der Waals surface area contributed by atoms with E-state index in [0.717, 1.165) is 4.90 Å². The number of benzene rings is 1. The summed E-state index contributed by atoms with van der Waals surface area (Å²) in [5.74, 6) is -0.818. The monoisotopic (exact) mass is 578 g/mol. The average Bonchev–Trinajstić information content (AvgIpc) is 2.72. The molecule has 0 aliphatic carbocycles. The lowest BCUT2D eigenvalue weighted by molar-refractivity contribution is -0.142. The number of alkyl halides is 6. The molecule has 1 heterocycles. The standard InChI is InChI=1S/C19H20Cl6N4O4/c1-3-32-14(30)9-28(10-15(31)33-4-2)13-7-5-12(6-8-13)16-26-11-29(19(23,24)25)17(27-16)18(20,21)22/h5-8H,3-4,9-11H2,1-2H3. The van der Waals surface area contributed by atoms with Crippen LogP contribution in [-0.2, 0) is 19.1 Å². The molecule has 0 atom stereocenters. The van der Waals surface area contributed by atoms with Crippen LogP contribution < -0.4 is 4.90 Å². The van der Waals surface area contributed by atoms with E-state index in [1.807, 2.05) is 0 Å². The summed E-state index contributed by atoms with van der Waals surface area (Å²) in [6.07, 6.45) is 0. The van der Waals surface area contributed by atoms with E-state index in [0.29, 0.717) is 11.3 Å². The Morgan fingerprint density at radius 1 is 0.970 bits per heavy atom. The summed E-state index contributed by atoms with van der Waals surface area (Å²) in [6, 6.07) is 6.73. The van der Waals surface area contributed by atoms with Crippen LogP contribution in [0.5, 0.6) is 0 Å². The lowest BCUT2D eigenvalue weighted by Gasteiger charge is -2.35. The average molecular weight is 581 g/mol. The summed E-state index contributed by atoms with van der Waals surface area (Å²) in [5, 5.41) is 0. The number of carbonyl (C=O) groups is 2. The van der Waals surface area contributed by atoms with E-state index in [1.54, 1.807) is 38.1 Å². The molecule has 1 aromatic carbocycles. The molecule has 0 saturated heterocycles. The van der Waals surface area contributed by atoms with Gasteiger partial charge in [-0.1, -0.05) is 69.6 Å². The number of hydrogen-bond donors (Lipinski definition) is 0. The molecule has 0 fully saturated rings. The highest BCUT2D eigenvalue weighted by atomic mass is 35.6. The van der Waals surface area contributed by atoms with Gasteiger partial charge in [-0.05, 0) is 38.1 Å². The van der Waals surface area contributed by atoms with Gasteiger partial charge in [0.05, 0.1) is 13.2 Å². The fourth-order valence-electron chi connectivity index (χ4n) is 2.76. The largest absolute Gasteiger partial charge is 0.465 e. The Bertz CT molecular complexity index is 892. The van der Waals surface area contributed by atoms with Gasteiger partial charge in [-0.15, -0.1) is 0 Å². The molecule has 0 spiro atoms. The summed E-state index contributed by atoms with van der Waals surface area (Å²) < 4.78 is 6.08. The molecule has 0 bridgehead atoms. The van der Waals surface area contributed by atoms with Gasteiger partial charge in [0.15, 0.2) is 11.7 Å². The summed E-state index contributed by atoms with van der Waals surface area (Å²) in [6.45, 7) is 3.45. The Morgan fingerprint density at radius 3 is 1.91 bits per heavy atom. The Morgan fingerprint density at radius 2 is 1.48 bits per heavy atom. The highest BCUT2D eigenvalue weighted by molar-refractivity contribution is 6.77. The van der Waals surface area contributed by atoms with Crippen LogP contribution in [0.4, 0.5) is 5.69 Å². The van der Waals surface area contributed by atoms with Crippen molar-refractivity contribution in [3.8, 4) is 0 Å². The molecule has 0 aromatic heterocycles. The Kier molecular flexibility index (Phi) is 10.2. The van der Waals surface area contributed by atoms with Crippen LogP contribution >= 0.6 is 69.6 Å². The number of halogens is 6. The van der Waals surface area contributed by atoms with Crippen molar-refractivity contribution >= 4 is 98.9 Å². The predicted octanol–water partition coefficient (Wildman–Crippen LogP) is 4.74. The molecule has 0 unspecified atom stereocenters. The minimum atomic E-state index is -1.97. The molecule has 33 heavy (non-hydrogen) atoms. The van der Waals surface area contributed by atoms with Gasteiger partial charge in [-0.2, -0.15) is 0 Å². The van der Waals surface area contributed by atoms with E-state index >= 15 is 0 Å². The highest BCUT2D eigenvalue weighted by Crippen LogP contribution is 2.39. The van der Waals surface area contributed by atoms with E-state index in [9.17, 15) is 9.59 Å². The molecule has 0 saturated carbocycles. The molecule has 1 aromatic rings. The van der Waals surface area contributed by atoms with E-state index in [-0.39, 0.29) is 44.6 Å². The minimum absolute atomic E-state index is 0.104. The number of amidine groups is 2. The fraction of sp³-hybridized carbons (Fsp3) is 0.474. The van der Waals surface area contributed by atoms with E-state index in [1.165, 1.54) is 4.90 Å². The van der Waals surface area contributed by atoms with Crippen LogP contribution in [-0.4, -0.2) is 69.2 Å². The molecular weight excluding hydrogens is 561 g/mol. The van der Waals surface area contributed by atoms with Gasteiger partial charge in [-0.3, -0.25) is 14.5 Å². The molecule has 2 rings (SSSR count). The van der Waals surface area contributed by atoms with Crippen LogP contribution in [0.15, 0.2) is 34.3 Å². The van der Waals surface area contributed by atoms with Crippen LogP contribution in [0.3, 0.4) is 0 Å². The highest BCUT2D eigenvalue weighted by Gasteiger charge is 2.43. The molecule has 8 nitrogen and oxygen atoms in total. The van der Waals surface area contributed by atoms with Crippen molar-refractivity contribution < 1.29 is 19.1 Å². The quantitative estimate of drug-likeness (QED) is 0.251. The normalized spacial score (nSPS) is 14.4. The predicted molar refractivity (Wildman–Crippen MR) is 133 cm³/mol. The number of aliphatic imine (C=N–C) groups is 2. The van der Waals surface area contributed by atoms with Crippen molar-refractivity contribution in [3.05, 3.63) is 29.8 Å². The summed E-state index contributed by atoms with van der Waals surface area (Å²) in [4.78, 5) is 35.2. The second kappa shape index (κ2) is 12.0. The number of esters is 2. The lowest BCUT2D eigenvalue weighted by Crippen LogP contribution is -2.49. The molecule has 0 radical (unpaired) electrons. The van der Waals surface area contributed by atoms with Gasteiger partial charge in [0.1, 0.15) is 19.8 Å². The van der Waals surface area contributed by atoms with Crippen molar-refractivity contribution in [1.82, 2.24) is 4.90 Å². The lowest BCUT2D eigenvalue weighted by atomic mass is 10.1. The van der Waals surface area contributed by atoms with E-state index in [4.69, 9.17) is 79.1 Å². The van der Waals surface area contributed by atoms with Crippen LogP contribution in [0.2, 0.25) is 0 Å². The first kappa shape index (κ1) is 28.1. The van der Waals surface area contributed by atoms with Crippen LogP contribution in [0.25, 0.3) is 0 Å². The zero-order valence-corrected chi connectivity index (χ0v) is 22.1. The Labute approximate surface area is 221 Å². The zero-order chi connectivity index (χ0) is 24.8. The number of anilines is 1. The molecule has 1 aliphatic rings. The summed E-state index contributed by atoms with van der Waals surface area (Å²) >= 11 is 35.9. The number of ether oxygens (including phenoxy) is 2. The number of carbonyl (C=O) groups excluding carboxylic acids is 2. The van der Waals surface area contributed by atoms with Gasteiger partial charge < -0.3 is 14.4 Å². The third kappa shape index (κ3) is 8.23. The van der Waals surface area contributed by atoms with E-state index in [2.05, 4.69) is 9.98 Å². The topological polar surface area (TPSA) is 83.8 Å². The van der Waals surface area contributed by atoms with Crippen LogP contribution in [0, 0.1) is 0 Å². The second-order valence-electron chi connectivity index (χ2n) is 6.47. The number of nitrogens with zero attached hydrogens (tertiary/aromatic N) is 4. The van der Waals surface area contributed by atoms with Gasteiger partial charge in [-0.25, -0.2) is 9.98 Å². The van der Waals surface area contributed by atoms with Crippen molar-refractivity contribution in [2.24, 2.45) is 9.98 Å². The third-order valence-corrected chi connectivity index (χ3v) is 5.25. The molecule has 1 aliphatic heterocycles. The zero-order valence-electron chi connectivity index (χ0n) is 17.5. The van der Waals surface area contributed by atoms with Crippen molar-refractivity contribution in [1.29, 1.82) is 0 Å². The number of hydrogen-bond acceptors (Lipinski definition) is 8. The molecule has 0 amide bonds.